The highest BCUT2D eigenvalue weighted by molar-refractivity contribution is 5.31. The van der Waals surface area contributed by atoms with E-state index in [9.17, 15) is 0 Å². The Bertz CT molecular complexity index is 448. The minimum Gasteiger partial charge on any atom is -0.329 e. The predicted molar refractivity (Wildman–Crippen MR) is 84.8 cm³/mol. The second-order valence-corrected chi connectivity index (χ2v) is 6.81. The highest BCUT2D eigenvalue weighted by Crippen LogP contribution is 2.40. The predicted octanol–water partition coefficient (Wildman–Crippen LogP) is 3.57. The van der Waals surface area contributed by atoms with Crippen LogP contribution in [0.25, 0.3) is 0 Å². The van der Waals surface area contributed by atoms with Gasteiger partial charge >= 0.3 is 0 Å². The second kappa shape index (κ2) is 5.87. The molecule has 1 aromatic carbocycles. The Balaban J connectivity index is 1.85. The number of nitrogens with zero attached hydrogens (tertiary/aromatic N) is 1. The van der Waals surface area contributed by atoms with Crippen LogP contribution in [0.4, 0.5) is 0 Å². The fraction of sp³-hybridized carbons (Fsp3) is 0.667. The molecule has 2 nitrogen and oxygen atoms in total. The molecule has 1 aromatic rings. The highest BCUT2D eigenvalue weighted by Gasteiger charge is 2.38. The van der Waals surface area contributed by atoms with Gasteiger partial charge in [0.1, 0.15) is 0 Å². The molecule has 3 rings (SSSR count). The van der Waals surface area contributed by atoms with E-state index in [1.165, 1.54) is 55.3 Å². The summed E-state index contributed by atoms with van der Waals surface area (Å²) in [7, 11) is 0. The van der Waals surface area contributed by atoms with E-state index in [-0.39, 0.29) is 0 Å². The van der Waals surface area contributed by atoms with Gasteiger partial charge < -0.3 is 5.73 Å². The molecule has 3 unspecified atom stereocenters. The number of nitrogens with two attached hydrogens (primary N) is 1. The minimum absolute atomic E-state index is 0.418. The minimum atomic E-state index is 0.418. The fourth-order valence-corrected chi connectivity index (χ4v) is 4.49. The normalized spacial score (nSPS) is 28.4. The van der Waals surface area contributed by atoms with Crippen LogP contribution in [0.5, 0.6) is 0 Å². The number of aryl methyl sites for hydroxylation is 2. The van der Waals surface area contributed by atoms with Crippen molar-refractivity contribution >= 4 is 0 Å². The Labute approximate surface area is 123 Å². The summed E-state index contributed by atoms with van der Waals surface area (Å²) in [6.07, 6.45) is 7.04. The van der Waals surface area contributed by atoms with Crippen molar-refractivity contribution in [2.45, 2.75) is 58.0 Å². The van der Waals surface area contributed by atoms with Gasteiger partial charge in [0.2, 0.25) is 0 Å². The Hall–Kier alpha value is -0.860. The van der Waals surface area contributed by atoms with Crippen molar-refractivity contribution in [1.82, 2.24) is 4.90 Å². The summed E-state index contributed by atoms with van der Waals surface area (Å²) in [5.41, 5.74) is 10.3. The lowest BCUT2D eigenvalue weighted by Gasteiger charge is -2.37. The molecule has 2 heteroatoms. The number of rotatable bonds is 3. The monoisotopic (exact) mass is 272 g/mol. The molecule has 0 bridgehead atoms. The summed E-state index contributed by atoms with van der Waals surface area (Å²) < 4.78 is 0. The Morgan fingerprint density at radius 3 is 2.50 bits per heavy atom. The molecule has 2 fully saturated rings. The number of hydrogen-bond donors (Lipinski definition) is 1. The van der Waals surface area contributed by atoms with E-state index in [0.29, 0.717) is 6.04 Å². The van der Waals surface area contributed by atoms with E-state index in [2.05, 4.69) is 36.9 Å². The zero-order valence-electron chi connectivity index (χ0n) is 12.9. The Kier molecular flexibility index (Phi) is 4.13. The van der Waals surface area contributed by atoms with Crippen LogP contribution < -0.4 is 5.73 Å². The maximum atomic E-state index is 6.16. The van der Waals surface area contributed by atoms with Gasteiger partial charge in [0.15, 0.2) is 0 Å². The zero-order chi connectivity index (χ0) is 14.1. The van der Waals surface area contributed by atoms with Crippen molar-refractivity contribution in [3.05, 3.63) is 34.9 Å². The summed E-state index contributed by atoms with van der Waals surface area (Å²) in [4.78, 5) is 2.72. The molecule has 1 heterocycles. The van der Waals surface area contributed by atoms with E-state index >= 15 is 0 Å². The molecule has 1 aliphatic carbocycles. The summed E-state index contributed by atoms with van der Waals surface area (Å²) in [6.45, 7) is 6.37. The fourth-order valence-electron chi connectivity index (χ4n) is 4.49. The lowest BCUT2D eigenvalue weighted by Crippen LogP contribution is -2.40. The maximum absolute atomic E-state index is 6.16. The third-order valence-electron chi connectivity index (χ3n) is 5.31. The first-order valence-corrected chi connectivity index (χ1v) is 8.23. The van der Waals surface area contributed by atoms with Crippen LogP contribution in [-0.4, -0.2) is 24.0 Å². The lowest BCUT2D eigenvalue weighted by atomic mass is 9.84. The van der Waals surface area contributed by atoms with E-state index < -0.39 is 0 Å². The quantitative estimate of drug-likeness (QED) is 0.911. The zero-order valence-corrected chi connectivity index (χ0v) is 12.9. The van der Waals surface area contributed by atoms with Crippen molar-refractivity contribution in [3.8, 4) is 0 Å². The highest BCUT2D eigenvalue weighted by atomic mass is 15.2. The van der Waals surface area contributed by atoms with Gasteiger partial charge in [-0.2, -0.15) is 0 Å². The van der Waals surface area contributed by atoms with E-state index in [4.69, 9.17) is 5.73 Å². The second-order valence-electron chi connectivity index (χ2n) is 6.81. The number of benzene rings is 1. The SMILES string of the molecule is Cc1cc(C)cc(C(CN)N2CCC3CCCCC32)c1. The lowest BCUT2D eigenvalue weighted by molar-refractivity contribution is 0.135. The van der Waals surface area contributed by atoms with Gasteiger partial charge in [-0.05, 0) is 51.1 Å². The molecular weight excluding hydrogens is 244 g/mol. The van der Waals surface area contributed by atoms with E-state index in [1.54, 1.807) is 0 Å². The third-order valence-corrected chi connectivity index (χ3v) is 5.31. The summed E-state index contributed by atoms with van der Waals surface area (Å²) >= 11 is 0. The van der Waals surface area contributed by atoms with Gasteiger partial charge in [-0.15, -0.1) is 0 Å². The number of hydrogen-bond acceptors (Lipinski definition) is 2. The smallest absolute Gasteiger partial charge is 0.0473 e. The molecule has 1 saturated heterocycles. The topological polar surface area (TPSA) is 29.3 Å². The maximum Gasteiger partial charge on any atom is 0.0473 e. The van der Waals surface area contributed by atoms with Crippen LogP contribution in [0.3, 0.4) is 0 Å². The van der Waals surface area contributed by atoms with Crippen molar-refractivity contribution in [3.63, 3.8) is 0 Å². The van der Waals surface area contributed by atoms with Gasteiger partial charge in [0.25, 0.3) is 0 Å². The molecule has 20 heavy (non-hydrogen) atoms. The molecule has 0 radical (unpaired) electrons. The molecule has 2 N–H and O–H groups in total. The van der Waals surface area contributed by atoms with Crippen LogP contribution in [-0.2, 0) is 0 Å². The molecule has 110 valence electrons. The molecule has 0 amide bonds. The average Bonchev–Trinajstić information content (AvgIpc) is 2.83. The molecule has 2 aliphatic rings. The first-order chi connectivity index (χ1) is 9.69. The molecule has 0 spiro atoms. The summed E-state index contributed by atoms with van der Waals surface area (Å²) in [6, 6.07) is 8.13. The van der Waals surface area contributed by atoms with Crippen LogP contribution >= 0.6 is 0 Å². The van der Waals surface area contributed by atoms with E-state index in [0.717, 1.165) is 18.5 Å². The largest absolute Gasteiger partial charge is 0.329 e. The van der Waals surface area contributed by atoms with Gasteiger partial charge in [-0.3, -0.25) is 4.90 Å². The van der Waals surface area contributed by atoms with Crippen LogP contribution in [0.1, 0.15) is 54.8 Å². The molecule has 1 aliphatic heterocycles. The van der Waals surface area contributed by atoms with Crippen LogP contribution in [0.15, 0.2) is 18.2 Å². The average molecular weight is 272 g/mol. The van der Waals surface area contributed by atoms with E-state index in [1.807, 2.05) is 0 Å². The number of fused-ring (bicyclic) bond motifs is 1. The van der Waals surface area contributed by atoms with Gasteiger partial charge in [0, 0.05) is 18.6 Å². The molecule has 3 atom stereocenters. The van der Waals surface area contributed by atoms with Crippen LogP contribution in [0.2, 0.25) is 0 Å². The summed E-state index contributed by atoms with van der Waals surface area (Å²) in [5.74, 6) is 0.934. The van der Waals surface area contributed by atoms with Crippen molar-refractivity contribution in [2.24, 2.45) is 11.7 Å². The first-order valence-electron chi connectivity index (χ1n) is 8.23. The standard InChI is InChI=1S/C18H28N2/c1-13-9-14(2)11-16(10-13)18(12-19)20-8-7-15-5-3-4-6-17(15)20/h9-11,15,17-18H,3-8,12,19H2,1-2H3. The summed E-state index contributed by atoms with van der Waals surface area (Å²) in [5, 5.41) is 0. The molecule has 1 saturated carbocycles. The third kappa shape index (κ3) is 2.64. The first kappa shape index (κ1) is 14.1. The van der Waals surface area contributed by atoms with Crippen molar-refractivity contribution < 1.29 is 0 Å². The van der Waals surface area contributed by atoms with Crippen molar-refractivity contribution in [2.75, 3.05) is 13.1 Å². The van der Waals surface area contributed by atoms with Crippen LogP contribution in [0, 0.1) is 19.8 Å². The van der Waals surface area contributed by atoms with Crippen molar-refractivity contribution in [1.29, 1.82) is 0 Å². The Morgan fingerprint density at radius 1 is 1.10 bits per heavy atom. The number of likely N-dealkylation sites (tertiary alicyclic amines) is 1. The van der Waals surface area contributed by atoms with Gasteiger partial charge in [-0.25, -0.2) is 0 Å². The molecule has 0 aromatic heterocycles. The molecular formula is C18H28N2. The van der Waals surface area contributed by atoms with Gasteiger partial charge in [0.05, 0.1) is 0 Å². The Morgan fingerprint density at radius 2 is 1.80 bits per heavy atom. The van der Waals surface area contributed by atoms with Gasteiger partial charge in [-0.1, -0.05) is 42.2 Å².